The molecular weight excluding hydrogens is 526 g/mol. The zero-order valence-corrected chi connectivity index (χ0v) is 21.9. The molecule has 4 aromatic rings. The molecule has 0 spiro atoms. The SMILES string of the molecule is COc1ccc(C2(c3ccc(OC(=O)C(C)c4ccccc4N)cc3)C(=O)Nc3c2ccc(F)c3F)cc1.Cl. The van der Waals surface area contributed by atoms with Crippen LogP contribution in [-0.4, -0.2) is 19.0 Å². The van der Waals surface area contributed by atoms with Crippen LogP contribution in [0.25, 0.3) is 0 Å². The van der Waals surface area contributed by atoms with Crippen molar-refractivity contribution in [2.75, 3.05) is 18.2 Å². The average molecular weight is 551 g/mol. The second kappa shape index (κ2) is 10.7. The Balaban J connectivity index is 0.00000353. The molecule has 0 fully saturated rings. The Labute approximate surface area is 230 Å². The summed E-state index contributed by atoms with van der Waals surface area (Å²) in [5, 5.41) is 2.53. The lowest BCUT2D eigenvalue weighted by atomic mass is 9.70. The monoisotopic (exact) mass is 550 g/mol. The lowest BCUT2D eigenvalue weighted by molar-refractivity contribution is -0.135. The number of hydrogen-bond acceptors (Lipinski definition) is 5. The predicted octanol–water partition coefficient (Wildman–Crippen LogP) is 5.97. The first kappa shape index (κ1) is 27.6. The summed E-state index contributed by atoms with van der Waals surface area (Å²) in [5.41, 5.74) is 6.72. The molecule has 1 aliphatic rings. The fourth-order valence-electron chi connectivity index (χ4n) is 4.91. The number of halogens is 3. The standard InChI is InChI=1S/C30H24F2N2O4.ClH/c1-17(22-5-3-4-6-25(22)33)28(35)38-21-13-9-19(10-14-21)30(18-7-11-20(37-2)12-8-18)23-15-16-24(31)26(32)27(23)34-29(30)36;/h3-17H,33H2,1-2H3,(H,34,36);1H. The molecule has 1 amide bonds. The highest BCUT2D eigenvalue weighted by Gasteiger charge is 2.51. The molecule has 2 atom stereocenters. The van der Waals surface area contributed by atoms with E-state index in [4.69, 9.17) is 15.2 Å². The van der Waals surface area contributed by atoms with Gasteiger partial charge in [0.25, 0.3) is 0 Å². The number of nitrogens with two attached hydrogens (primary N) is 1. The Bertz CT molecular complexity index is 1540. The normalized spacial score (nSPS) is 16.5. The highest BCUT2D eigenvalue weighted by atomic mass is 35.5. The lowest BCUT2D eigenvalue weighted by Gasteiger charge is -2.29. The van der Waals surface area contributed by atoms with Crippen molar-refractivity contribution in [3.63, 3.8) is 0 Å². The van der Waals surface area contributed by atoms with Crippen LogP contribution in [0, 0.1) is 11.6 Å². The minimum Gasteiger partial charge on any atom is -0.497 e. The van der Waals surface area contributed by atoms with E-state index in [0.717, 1.165) is 6.07 Å². The highest BCUT2D eigenvalue weighted by molar-refractivity contribution is 6.11. The van der Waals surface area contributed by atoms with Gasteiger partial charge in [-0.25, -0.2) is 8.78 Å². The van der Waals surface area contributed by atoms with Gasteiger partial charge in [0.15, 0.2) is 11.6 Å². The van der Waals surface area contributed by atoms with E-state index < -0.39 is 34.8 Å². The Hall–Kier alpha value is -4.43. The summed E-state index contributed by atoms with van der Waals surface area (Å²) in [6, 6.07) is 22.6. The molecule has 1 heterocycles. The maximum atomic E-state index is 14.7. The van der Waals surface area contributed by atoms with Crippen LogP contribution in [0.15, 0.2) is 84.9 Å². The largest absolute Gasteiger partial charge is 0.497 e. The van der Waals surface area contributed by atoms with E-state index >= 15 is 0 Å². The topological polar surface area (TPSA) is 90.7 Å². The van der Waals surface area contributed by atoms with Gasteiger partial charge in [0.2, 0.25) is 5.91 Å². The number of para-hydroxylation sites is 1. The number of ether oxygens (including phenoxy) is 2. The Morgan fingerprint density at radius 2 is 1.49 bits per heavy atom. The van der Waals surface area contributed by atoms with Crippen LogP contribution in [0.4, 0.5) is 20.2 Å². The third-order valence-corrected chi connectivity index (χ3v) is 6.92. The van der Waals surface area contributed by atoms with E-state index in [-0.39, 0.29) is 29.4 Å². The van der Waals surface area contributed by atoms with E-state index in [9.17, 15) is 18.4 Å². The quantitative estimate of drug-likeness (QED) is 0.175. The third kappa shape index (κ3) is 4.57. The van der Waals surface area contributed by atoms with Crippen LogP contribution in [0.1, 0.15) is 35.1 Å². The Kier molecular flexibility index (Phi) is 7.60. The molecule has 9 heteroatoms. The minimum atomic E-state index is -1.48. The highest BCUT2D eigenvalue weighted by Crippen LogP contribution is 2.49. The fourth-order valence-corrected chi connectivity index (χ4v) is 4.91. The molecular formula is C30H25ClF2N2O4. The zero-order chi connectivity index (χ0) is 27.0. The molecule has 0 aromatic heterocycles. The van der Waals surface area contributed by atoms with E-state index in [1.54, 1.807) is 79.7 Å². The van der Waals surface area contributed by atoms with Gasteiger partial charge in [0.05, 0.1) is 18.7 Å². The van der Waals surface area contributed by atoms with Crippen LogP contribution >= 0.6 is 12.4 Å². The van der Waals surface area contributed by atoms with Crippen LogP contribution in [0.3, 0.4) is 0 Å². The summed E-state index contributed by atoms with van der Waals surface area (Å²) in [4.78, 5) is 26.4. The Morgan fingerprint density at radius 3 is 2.08 bits per heavy atom. The second-order valence-electron chi connectivity index (χ2n) is 9.01. The van der Waals surface area contributed by atoms with Gasteiger partial charge >= 0.3 is 5.97 Å². The van der Waals surface area contributed by atoms with Crippen molar-refractivity contribution >= 4 is 35.7 Å². The van der Waals surface area contributed by atoms with Gasteiger partial charge in [0.1, 0.15) is 16.9 Å². The number of carbonyl (C=O) groups excluding carboxylic acids is 2. The molecule has 6 nitrogen and oxygen atoms in total. The van der Waals surface area contributed by atoms with E-state index in [0.29, 0.717) is 28.1 Å². The van der Waals surface area contributed by atoms with Crippen LogP contribution in [-0.2, 0) is 15.0 Å². The molecule has 39 heavy (non-hydrogen) atoms. The van der Waals surface area contributed by atoms with E-state index in [2.05, 4.69) is 5.32 Å². The molecule has 0 saturated carbocycles. The number of nitrogens with one attached hydrogen (secondary N) is 1. The van der Waals surface area contributed by atoms with Gasteiger partial charge in [-0.3, -0.25) is 9.59 Å². The molecule has 3 N–H and O–H groups in total. The van der Waals surface area contributed by atoms with Crippen molar-refractivity contribution in [1.29, 1.82) is 0 Å². The maximum Gasteiger partial charge on any atom is 0.318 e. The average Bonchev–Trinajstić information content (AvgIpc) is 3.24. The molecule has 0 aliphatic carbocycles. The van der Waals surface area contributed by atoms with Crippen molar-refractivity contribution in [2.24, 2.45) is 0 Å². The fraction of sp³-hybridized carbons (Fsp3) is 0.133. The number of benzene rings is 4. The molecule has 0 radical (unpaired) electrons. The van der Waals surface area contributed by atoms with Gasteiger partial charge in [-0.15, -0.1) is 12.4 Å². The summed E-state index contributed by atoms with van der Waals surface area (Å²) in [7, 11) is 1.52. The van der Waals surface area contributed by atoms with Gasteiger partial charge < -0.3 is 20.5 Å². The molecule has 0 saturated heterocycles. The van der Waals surface area contributed by atoms with Gasteiger partial charge in [-0.1, -0.05) is 48.5 Å². The van der Waals surface area contributed by atoms with Crippen molar-refractivity contribution in [2.45, 2.75) is 18.3 Å². The molecule has 200 valence electrons. The first-order chi connectivity index (χ1) is 18.3. The number of anilines is 2. The number of nitrogen functional groups attached to an aromatic ring is 1. The molecule has 4 aromatic carbocycles. The Morgan fingerprint density at radius 1 is 0.897 bits per heavy atom. The first-order valence-electron chi connectivity index (χ1n) is 11.9. The summed E-state index contributed by atoms with van der Waals surface area (Å²) >= 11 is 0. The number of methoxy groups -OCH3 is 1. The summed E-state index contributed by atoms with van der Waals surface area (Å²) in [5.74, 6) is -3.01. The number of hydrogen-bond donors (Lipinski definition) is 2. The van der Waals surface area contributed by atoms with Crippen LogP contribution in [0.5, 0.6) is 11.5 Å². The van der Waals surface area contributed by atoms with Crippen molar-refractivity contribution in [3.8, 4) is 11.5 Å². The van der Waals surface area contributed by atoms with Crippen molar-refractivity contribution in [3.05, 3.63) is 119 Å². The predicted molar refractivity (Wildman–Crippen MR) is 146 cm³/mol. The van der Waals surface area contributed by atoms with E-state index in [1.807, 2.05) is 0 Å². The van der Waals surface area contributed by atoms with Crippen molar-refractivity contribution in [1.82, 2.24) is 0 Å². The molecule has 1 aliphatic heterocycles. The van der Waals surface area contributed by atoms with Gasteiger partial charge in [-0.05, 0) is 60.0 Å². The number of fused-ring (bicyclic) bond motifs is 1. The lowest BCUT2D eigenvalue weighted by Crippen LogP contribution is -2.37. The van der Waals surface area contributed by atoms with Crippen LogP contribution in [0.2, 0.25) is 0 Å². The van der Waals surface area contributed by atoms with Gasteiger partial charge in [0, 0.05) is 11.3 Å². The van der Waals surface area contributed by atoms with Gasteiger partial charge in [-0.2, -0.15) is 0 Å². The number of carbonyl (C=O) groups is 2. The molecule has 5 rings (SSSR count). The number of rotatable bonds is 6. The third-order valence-electron chi connectivity index (χ3n) is 6.92. The van der Waals surface area contributed by atoms with Crippen LogP contribution < -0.4 is 20.5 Å². The maximum absolute atomic E-state index is 14.7. The summed E-state index contributed by atoms with van der Waals surface area (Å²) in [6.07, 6.45) is 0. The molecule has 0 bridgehead atoms. The van der Waals surface area contributed by atoms with E-state index in [1.165, 1.54) is 13.2 Å². The smallest absolute Gasteiger partial charge is 0.318 e. The summed E-state index contributed by atoms with van der Waals surface area (Å²) < 4.78 is 39.6. The first-order valence-corrected chi connectivity index (χ1v) is 11.9. The number of amides is 1. The minimum absolute atomic E-state index is 0. The summed E-state index contributed by atoms with van der Waals surface area (Å²) in [6.45, 7) is 1.70. The van der Waals surface area contributed by atoms with Crippen molar-refractivity contribution < 1.29 is 27.8 Å². The molecule has 2 unspecified atom stereocenters. The number of esters is 1. The zero-order valence-electron chi connectivity index (χ0n) is 21.0. The second-order valence-corrected chi connectivity index (χ2v) is 9.01.